The van der Waals surface area contributed by atoms with E-state index >= 15 is 0 Å². The van der Waals surface area contributed by atoms with Gasteiger partial charge in [-0.1, -0.05) is 38.1 Å². The van der Waals surface area contributed by atoms with Crippen LogP contribution in [-0.2, 0) is 17.8 Å². The van der Waals surface area contributed by atoms with E-state index in [0.29, 0.717) is 12.0 Å². The second kappa shape index (κ2) is 13.7. The lowest BCUT2D eigenvalue weighted by Crippen LogP contribution is -2.50. The van der Waals surface area contributed by atoms with Crippen molar-refractivity contribution in [3.05, 3.63) is 54.1 Å². The largest absolute Gasteiger partial charge is 0.379 e. The van der Waals surface area contributed by atoms with Gasteiger partial charge in [0.25, 0.3) is 0 Å². The molecule has 0 spiro atoms. The first-order valence-corrected chi connectivity index (χ1v) is 10.9. The lowest BCUT2D eigenvalue weighted by Gasteiger charge is -2.35. The first-order valence-electron chi connectivity index (χ1n) is 10.9. The zero-order valence-electron chi connectivity index (χ0n) is 19.0. The minimum absolute atomic E-state index is 0. The number of imidazole rings is 1. The molecule has 2 aromatic rings. The number of aliphatic imine (C=N–C) groups is 1. The van der Waals surface area contributed by atoms with Crippen LogP contribution < -0.4 is 10.6 Å². The van der Waals surface area contributed by atoms with Gasteiger partial charge >= 0.3 is 0 Å². The predicted octanol–water partition coefficient (Wildman–Crippen LogP) is 2.96. The third-order valence-electron chi connectivity index (χ3n) is 5.44. The molecule has 8 heteroatoms. The summed E-state index contributed by atoms with van der Waals surface area (Å²) in [7, 11) is 1.83. The summed E-state index contributed by atoms with van der Waals surface area (Å²) in [6, 6.07) is 9.17. The Kier molecular flexibility index (Phi) is 11.3. The van der Waals surface area contributed by atoms with Crippen LogP contribution in [0.1, 0.15) is 31.4 Å². The molecule has 0 bridgehead atoms. The zero-order chi connectivity index (χ0) is 21.2. The van der Waals surface area contributed by atoms with Crippen molar-refractivity contribution in [1.82, 2.24) is 25.1 Å². The highest BCUT2D eigenvalue weighted by atomic mass is 127. The van der Waals surface area contributed by atoms with Gasteiger partial charge in [0.2, 0.25) is 0 Å². The Morgan fingerprint density at radius 1 is 1.13 bits per heavy atom. The maximum absolute atomic E-state index is 5.52. The molecule has 0 radical (unpaired) electrons. The maximum atomic E-state index is 5.52. The van der Waals surface area contributed by atoms with Crippen molar-refractivity contribution in [3.63, 3.8) is 0 Å². The molecule has 2 N–H and O–H groups in total. The second-order valence-electron chi connectivity index (χ2n) is 8.29. The highest BCUT2D eigenvalue weighted by Crippen LogP contribution is 2.13. The maximum Gasteiger partial charge on any atom is 0.191 e. The molecule has 1 aliphatic rings. The van der Waals surface area contributed by atoms with Crippen molar-refractivity contribution in [2.24, 2.45) is 10.9 Å². The first-order chi connectivity index (χ1) is 14.6. The van der Waals surface area contributed by atoms with E-state index in [2.05, 4.69) is 68.2 Å². The Hall–Kier alpha value is -1.65. The van der Waals surface area contributed by atoms with Crippen LogP contribution in [0.15, 0.2) is 48.0 Å². The summed E-state index contributed by atoms with van der Waals surface area (Å²) in [5, 5.41) is 6.97. The number of ether oxygens (including phenoxy) is 1. The number of halogens is 1. The number of guanidine groups is 1. The lowest BCUT2D eigenvalue weighted by atomic mass is 10.0. The summed E-state index contributed by atoms with van der Waals surface area (Å²) in [5.74, 6) is 1.51. The fraction of sp³-hybridized carbons (Fsp3) is 0.565. The van der Waals surface area contributed by atoms with Crippen LogP contribution >= 0.6 is 24.0 Å². The number of nitrogens with one attached hydrogen (secondary N) is 2. The molecule has 1 fully saturated rings. The Morgan fingerprint density at radius 3 is 2.45 bits per heavy atom. The Labute approximate surface area is 203 Å². The van der Waals surface area contributed by atoms with E-state index in [1.54, 1.807) is 0 Å². The van der Waals surface area contributed by atoms with Gasteiger partial charge in [0.05, 0.1) is 19.5 Å². The van der Waals surface area contributed by atoms with E-state index in [4.69, 9.17) is 4.74 Å². The Bertz CT molecular complexity index is 757. The Balaban J connectivity index is 0.00000341. The summed E-state index contributed by atoms with van der Waals surface area (Å²) >= 11 is 0. The molecule has 31 heavy (non-hydrogen) atoms. The van der Waals surface area contributed by atoms with Gasteiger partial charge in [-0.25, -0.2) is 4.98 Å². The average Bonchev–Trinajstić information content (AvgIpc) is 3.27. The van der Waals surface area contributed by atoms with E-state index in [1.807, 2.05) is 25.8 Å². The smallest absolute Gasteiger partial charge is 0.191 e. The highest BCUT2D eigenvalue weighted by molar-refractivity contribution is 14.0. The van der Waals surface area contributed by atoms with E-state index in [1.165, 1.54) is 17.5 Å². The van der Waals surface area contributed by atoms with Crippen LogP contribution in [0.5, 0.6) is 0 Å². The van der Waals surface area contributed by atoms with Crippen LogP contribution in [0.4, 0.5) is 0 Å². The molecule has 0 aliphatic carbocycles. The Morgan fingerprint density at radius 2 is 1.84 bits per heavy atom. The number of nitrogens with zero attached hydrogens (tertiary/aromatic N) is 4. The second-order valence-corrected chi connectivity index (χ2v) is 8.29. The molecule has 1 aromatic carbocycles. The molecule has 1 aliphatic heterocycles. The fourth-order valence-corrected chi connectivity index (χ4v) is 3.82. The molecule has 1 atom stereocenters. The van der Waals surface area contributed by atoms with Crippen molar-refractivity contribution in [2.75, 3.05) is 39.9 Å². The SMILES string of the molecule is CN=C(NCc1ccc(Cn2ccnc2)cc1)NCC(CC(C)C)N1CCOCC1.I. The summed E-state index contributed by atoms with van der Waals surface area (Å²) < 4.78 is 7.59. The monoisotopic (exact) mass is 540 g/mol. The number of aromatic nitrogens is 2. The molecular weight excluding hydrogens is 503 g/mol. The third-order valence-corrected chi connectivity index (χ3v) is 5.44. The zero-order valence-corrected chi connectivity index (χ0v) is 21.3. The topological polar surface area (TPSA) is 66.7 Å². The van der Waals surface area contributed by atoms with Crippen molar-refractivity contribution in [2.45, 2.75) is 39.4 Å². The minimum Gasteiger partial charge on any atom is -0.379 e. The van der Waals surface area contributed by atoms with Gasteiger partial charge < -0.3 is 19.9 Å². The number of hydrogen-bond acceptors (Lipinski definition) is 4. The van der Waals surface area contributed by atoms with Gasteiger partial charge in [0, 0.05) is 58.2 Å². The minimum atomic E-state index is 0. The van der Waals surface area contributed by atoms with E-state index in [-0.39, 0.29) is 24.0 Å². The van der Waals surface area contributed by atoms with Crippen molar-refractivity contribution >= 4 is 29.9 Å². The van der Waals surface area contributed by atoms with Crippen molar-refractivity contribution in [3.8, 4) is 0 Å². The third kappa shape index (κ3) is 8.78. The number of rotatable bonds is 9. The van der Waals surface area contributed by atoms with Crippen LogP contribution in [-0.4, -0.2) is 66.3 Å². The molecule has 1 aromatic heterocycles. The summed E-state index contributed by atoms with van der Waals surface area (Å²) in [6.07, 6.45) is 6.80. The van der Waals surface area contributed by atoms with Gasteiger partial charge in [0.15, 0.2) is 5.96 Å². The van der Waals surface area contributed by atoms with Crippen molar-refractivity contribution in [1.29, 1.82) is 0 Å². The summed E-state index contributed by atoms with van der Waals surface area (Å²) in [6.45, 7) is 10.7. The summed E-state index contributed by atoms with van der Waals surface area (Å²) in [5.41, 5.74) is 2.50. The number of hydrogen-bond donors (Lipinski definition) is 2. The molecule has 3 rings (SSSR count). The van der Waals surface area contributed by atoms with Crippen LogP contribution in [0.25, 0.3) is 0 Å². The van der Waals surface area contributed by atoms with E-state index in [9.17, 15) is 0 Å². The van der Waals surface area contributed by atoms with Crippen LogP contribution in [0.2, 0.25) is 0 Å². The highest BCUT2D eigenvalue weighted by Gasteiger charge is 2.22. The van der Waals surface area contributed by atoms with E-state index < -0.39 is 0 Å². The fourth-order valence-electron chi connectivity index (χ4n) is 3.82. The van der Waals surface area contributed by atoms with Crippen LogP contribution in [0.3, 0.4) is 0 Å². The molecule has 0 amide bonds. The van der Waals surface area contributed by atoms with Gasteiger partial charge in [0.1, 0.15) is 0 Å². The normalized spacial score (nSPS) is 16.1. The standard InChI is InChI=1S/C23H36N6O.HI/c1-19(2)14-22(29-10-12-30-13-11-29)16-27-23(24-3)26-15-20-4-6-21(7-5-20)17-28-9-8-25-18-28;/h4-9,18-19,22H,10-17H2,1-3H3,(H2,24,26,27);1H. The molecule has 7 nitrogen and oxygen atoms in total. The van der Waals surface area contributed by atoms with E-state index in [0.717, 1.165) is 51.9 Å². The molecule has 1 saturated heterocycles. The van der Waals surface area contributed by atoms with Crippen molar-refractivity contribution < 1.29 is 4.74 Å². The molecule has 172 valence electrons. The van der Waals surface area contributed by atoms with Crippen LogP contribution in [0, 0.1) is 5.92 Å². The molecular formula is C23H37IN6O. The molecule has 1 unspecified atom stereocenters. The van der Waals surface area contributed by atoms with Gasteiger partial charge in [-0.05, 0) is 23.5 Å². The number of morpholine rings is 1. The number of benzene rings is 1. The lowest BCUT2D eigenvalue weighted by molar-refractivity contribution is 0.0132. The summed E-state index contributed by atoms with van der Waals surface area (Å²) in [4.78, 5) is 11.0. The average molecular weight is 540 g/mol. The van der Waals surface area contributed by atoms with Gasteiger partial charge in [-0.2, -0.15) is 0 Å². The first kappa shape index (κ1) is 25.6. The van der Waals surface area contributed by atoms with Gasteiger partial charge in [-0.3, -0.25) is 9.89 Å². The predicted molar refractivity (Wildman–Crippen MR) is 137 cm³/mol. The van der Waals surface area contributed by atoms with Gasteiger partial charge in [-0.15, -0.1) is 24.0 Å². The molecule has 0 saturated carbocycles. The quantitative estimate of drug-likeness (QED) is 0.291. The molecule has 2 heterocycles.